The minimum absolute atomic E-state index is 0.0444. The molecule has 0 aromatic heterocycles. The van der Waals surface area contributed by atoms with Gasteiger partial charge in [0.15, 0.2) is 0 Å². The van der Waals surface area contributed by atoms with Gasteiger partial charge in [-0.05, 0) is 44.5 Å². The van der Waals surface area contributed by atoms with Gasteiger partial charge in [-0.1, -0.05) is 6.92 Å². The fourth-order valence-corrected chi connectivity index (χ4v) is 1.27. The quantitative estimate of drug-likeness (QED) is 0.830. The van der Waals surface area contributed by atoms with E-state index in [-0.39, 0.29) is 11.9 Å². The fourth-order valence-electron chi connectivity index (χ4n) is 1.27. The van der Waals surface area contributed by atoms with Crippen LogP contribution in [0.1, 0.15) is 37.6 Å². The molecule has 0 atom stereocenters. The van der Waals surface area contributed by atoms with Crippen LogP contribution < -0.4 is 10.1 Å². The first-order valence-corrected chi connectivity index (χ1v) is 5.67. The maximum atomic E-state index is 11.6. The number of hydrogen-bond acceptors (Lipinski definition) is 2. The molecular formula is C13H19NO2. The second kappa shape index (κ2) is 6.16. The fraction of sp³-hybridized carbons (Fsp3) is 0.462. The standard InChI is InChI=1S/C13H19NO2/c1-4-9-16-12-7-5-11(6-8-12)13(15)14-10(2)3/h5-8,10H,4,9H2,1-3H3,(H,14,15). The third-order valence-electron chi connectivity index (χ3n) is 2.01. The molecule has 88 valence electrons. The highest BCUT2D eigenvalue weighted by atomic mass is 16.5. The molecule has 3 nitrogen and oxygen atoms in total. The van der Waals surface area contributed by atoms with Crippen LogP contribution in [0.15, 0.2) is 24.3 Å². The Bertz CT molecular complexity index is 330. The summed E-state index contributed by atoms with van der Waals surface area (Å²) in [4.78, 5) is 11.6. The first-order valence-electron chi connectivity index (χ1n) is 5.67. The number of carbonyl (C=O) groups excluding carboxylic acids is 1. The van der Waals surface area contributed by atoms with E-state index in [0.29, 0.717) is 12.2 Å². The maximum absolute atomic E-state index is 11.6. The Labute approximate surface area is 96.8 Å². The summed E-state index contributed by atoms with van der Waals surface area (Å²) < 4.78 is 5.44. The first kappa shape index (κ1) is 12.6. The molecule has 3 heteroatoms. The molecule has 0 radical (unpaired) electrons. The zero-order chi connectivity index (χ0) is 12.0. The van der Waals surface area contributed by atoms with Gasteiger partial charge in [0.25, 0.3) is 5.91 Å². The third kappa shape index (κ3) is 3.93. The SMILES string of the molecule is CCCOc1ccc(C(=O)NC(C)C)cc1. The molecule has 0 aliphatic rings. The van der Waals surface area contributed by atoms with Crippen LogP contribution in [0.2, 0.25) is 0 Å². The summed E-state index contributed by atoms with van der Waals surface area (Å²) in [6.07, 6.45) is 0.982. The van der Waals surface area contributed by atoms with Crippen LogP contribution in [0, 0.1) is 0 Å². The molecule has 1 N–H and O–H groups in total. The molecule has 0 saturated carbocycles. The summed E-state index contributed by atoms with van der Waals surface area (Å²) in [5.74, 6) is 0.764. The van der Waals surface area contributed by atoms with Gasteiger partial charge < -0.3 is 10.1 Å². The van der Waals surface area contributed by atoms with Gasteiger partial charge in [-0.2, -0.15) is 0 Å². The van der Waals surface area contributed by atoms with Gasteiger partial charge in [-0.25, -0.2) is 0 Å². The number of benzene rings is 1. The van der Waals surface area contributed by atoms with Crippen molar-refractivity contribution >= 4 is 5.91 Å². The Balaban J connectivity index is 2.60. The number of amides is 1. The zero-order valence-corrected chi connectivity index (χ0v) is 10.1. The van der Waals surface area contributed by atoms with Crippen LogP contribution in [-0.2, 0) is 0 Å². The Morgan fingerprint density at radius 1 is 1.31 bits per heavy atom. The van der Waals surface area contributed by atoms with E-state index in [4.69, 9.17) is 4.74 Å². The molecule has 0 aliphatic carbocycles. The number of rotatable bonds is 5. The van der Waals surface area contributed by atoms with E-state index in [1.807, 2.05) is 26.0 Å². The van der Waals surface area contributed by atoms with Crippen molar-refractivity contribution in [2.75, 3.05) is 6.61 Å². The highest BCUT2D eigenvalue weighted by molar-refractivity contribution is 5.94. The van der Waals surface area contributed by atoms with Gasteiger partial charge in [0.1, 0.15) is 5.75 Å². The number of hydrogen-bond donors (Lipinski definition) is 1. The van der Waals surface area contributed by atoms with Crippen molar-refractivity contribution in [1.29, 1.82) is 0 Å². The van der Waals surface area contributed by atoms with Gasteiger partial charge in [0.2, 0.25) is 0 Å². The molecule has 0 saturated heterocycles. The summed E-state index contributed by atoms with van der Waals surface area (Å²) in [6, 6.07) is 7.37. The molecule has 0 unspecified atom stereocenters. The lowest BCUT2D eigenvalue weighted by molar-refractivity contribution is 0.0943. The van der Waals surface area contributed by atoms with Gasteiger partial charge in [0, 0.05) is 11.6 Å². The molecule has 1 aromatic carbocycles. The highest BCUT2D eigenvalue weighted by Gasteiger charge is 2.06. The van der Waals surface area contributed by atoms with E-state index >= 15 is 0 Å². The van der Waals surface area contributed by atoms with Gasteiger partial charge in [-0.3, -0.25) is 4.79 Å². The van der Waals surface area contributed by atoms with Crippen LogP contribution in [0.5, 0.6) is 5.75 Å². The van der Waals surface area contributed by atoms with E-state index in [9.17, 15) is 4.79 Å². The Morgan fingerprint density at radius 2 is 1.94 bits per heavy atom. The second-order valence-electron chi connectivity index (χ2n) is 4.00. The van der Waals surface area contributed by atoms with Crippen molar-refractivity contribution in [3.8, 4) is 5.75 Å². The first-order chi connectivity index (χ1) is 7.63. The maximum Gasteiger partial charge on any atom is 0.251 e. The second-order valence-corrected chi connectivity index (χ2v) is 4.00. The number of carbonyl (C=O) groups is 1. The number of ether oxygens (including phenoxy) is 1. The topological polar surface area (TPSA) is 38.3 Å². The van der Waals surface area contributed by atoms with Crippen molar-refractivity contribution in [2.45, 2.75) is 33.2 Å². The van der Waals surface area contributed by atoms with Crippen LogP contribution in [0.25, 0.3) is 0 Å². The molecule has 1 rings (SSSR count). The van der Waals surface area contributed by atoms with E-state index in [2.05, 4.69) is 12.2 Å². The van der Waals surface area contributed by atoms with Crippen LogP contribution in [0.4, 0.5) is 0 Å². The summed E-state index contributed by atoms with van der Waals surface area (Å²) in [7, 11) is 0. The Kier molecular flexibility index (Phi) is 4.83. The van der Waals surface area contributed by atoms with E-state index in [0.717, 1.165) is 12.2 Å². The van der Waals surface area contributed by atoms with Crippen molar-refractivity contribution in [3.05, 3.63) is 29.8 Å². The van der Waals surface area contributed by atoms with Gasteiger partial charge in [0.05, 0.1) is 6.61 Å². The molecule has 0 bridgehead atoms. The molecule has 0 aliphatic heterocycles. The zero-order valence-electron chi connectivity index (χ0n) is 10.1. The average Bonchev–Trinajstić information content (AvgIpc) is 2.26. The summed E-state index contributed by atoms with van der Waals surface area (Å²) in [5.41, 5.74) is 0.664. The molecule has 1 aromatic rings. The van der Waals surface area contributed by atoms with E-state index < -0.39 is 0 Å². The highest BCUT2D eigenvalue weighted by Crippen LogP contribution is 2.12. The van der Waals surface area contributed by atoms with Crippen LogP contribution >= 0.6 is 0 Å². The molecule has 0 heterocycles. The average molecular weight is 221 g/mol. The lowest BCUT2D eigenvalue weighted by atomic mass is 10.2. The van der Waals surface area contributed by atoms with E-state index in [1.54, 1.807) is 12.1 Å². The lowest BCUT2D eigenvalue weighted by Gasteiger charge is -2.09. The predicted molar refractivity (Wildman–Crippen MR) is 64.8 cm³/mol. The van der Waals surface area contributed by atoms with E-state index in [1.165, 1.54) is 0 Å². The number of nitrogens with one attached hydrogen (secondary N) is 1. The summed E-state index contributed by atoms with van der Waals surface area (Å²) >= 11 is 0. The van der Waals surface area contributed by atoms with Crippen LogP contribution in [-0.4, -0.2) is 18.6 Å². The molecule has 0 spiro atoms. The molecule has 16 heavy (non-hydrogen) atoms. The van der Waals surface area contributed by atoms with Crippen molar-refractivity contribution in [1.82, 2.24) is 5.32 Å². The summed E-state index contributed by atoms with van der Waals surface area (Å²) in [5, 5.41) is 2.84. The van der Waals surface area contributed by atoms with Crippen molar-refractivity contribution < 1.29 is 9.53 Å². The largest absolute Gasteiger partial charge is 0.494 e. The molecular weight excluding hydrogens is 202 g/mol. The van der Waals surface area contributed by atoms with Gasteiger partial charge >= 0.3 is 0 Å². The summed E-state index contributed by atoms with van der Waals surface area (Å²) in [6.45, 7) is 6.65. The van der Waals surface area contributed by atoms with Gasteiger partial charge in [-0.15, -0.1) is 0 Å². The lowest BCUT2D eigenvalue weighted by Crippen LogP contribution is -2.29. The predicted octanol–water partition coefficient (Wildman–Crippen LogP) is 2.61. The Morgan fingerprint density at radius 3 is 2.44 bits per heavy atom. The monoisotopic (exact) mass is 221 g/mol. The normalized spacial score (nSPS) is 10.2. The minimum atomic E-state index is -0.0444. The molecule has 0 fully saturated rings. The minimum Gasteiger partial charge on any atom is -0.494 e. The van der Waals surface area contributed by atoms with Crippen molar-refractivity contribution in [2.24, 2.45) is 0 Å². The van der Waals surface area contributed by atoms with Crippen molar-refractivity contribution in [3.63, 3.8) is 0 Å². The van der Waals surface area contributed by atoms with Crippen LogP contribution in [0.3, 0.4) is 0 Å². The molecule has 1 amide bonds. The Hall–Kier alpha value is -1.51. The third-order valence-corrected chi connectivity index (χ3v) is 2.01. The smallest absolute Gasteiger partial charge is 0.251 e.